The van der Waals surface area contributed by atoms with Crippen molar-refractivity contribution in [2.24, 2.45) is 0 Å². The summed E-state index contributed by atoms with van der Waals surface area (Å²) in [7, 11) is -4.15. The second kappa shape index (κ2) is 5.97. The van der Waals surface area contributed by atoms with E-state index >= 15 is 0 Å². The molecule has 0 bridgehead atoms. The zero-order valence-corrected chi connectivity index (χ0v) is 10.6. The van der Waals surface area contributed by atoms with Crippen LogP contribution in [0.4, 0.5) is 5.69 Å². The molecule has 0 amide bonds. The molecule has 8 nitrogen and oxygen atoms in total. The summed E-state index contributed by atoms with van der Waals surface area (Å²) in [6.07, 6.45) is -1.27. The van der Waals surface area contributed by atoms with E-state index in [-0.39, 0.29) is 5.69 Å². The number of benzene rings is 1. The van der Waals surface area contributed by atoms with E-state index < -0.39 is 45.7 Å². The lowest BCUT2D eigenvalue weighted by atomic mass is 10.2. The normalized spacial score (nSPS) is 13.2. The van der Waals surface area contributed by atoms with Gasteiger partial charge in [0.1, 0.15) is 0 Å². The third-order valence-corrected chi connectivity index (χ3v) is 3.71. The van der Waals surface area contributed by atoms with Crippen molar-refractivity contribution >= 4 is 21.7 Å². The van der Waals surface area contributed by atoms with E-state index in [1.807, 2.05) is 4.72 Å². The third kappa shape index (κ3) is 3.89. The highest BCUT2D eigenvalue weighted by Crippen LogP contribution is 2.19. The Labute approximate surface area is 109 Å². The predicted octanol–water partition coefficient (Wildman–Crippen LogP) is -1.40. The first-order valence-electron chi connectivity index (χ1n) is 5.19. The van der Waals surface area contributed by atoms with Crippen molar-refractivity contribution in [2.45, 2.75) is 11.0 Å². The summed E-state index contributed by atoms with van der Waals surface area (Å²) >= 11 is 0. The minimum absolute atomic E-state index is 0.0908. The van der Waals surface area contributed by atoms with Crippen LogP contribution in [0.5, 0.6) is 0 Å². The molecular formula is C10H14N2O6S. The van der Waals surface area contributed by atoms with Gasteiger partial charge in [0.2, 0.25) is 10.0 Å². The average molecular weight is 290 g/mol. The van der Waals surface area contributed by atoms with E-state index in [4.69, 9.17) is 21.1 Å². The van der Waals surface area contributed by atoms with Crippen molar-refractivity contribution in [2.75, 3.05) is 18.9 Å². The van der Waals surface area contributed by atoms with Gasteiger partial charge in [-0.15, -0.1) is 0 Å². The molecule has 6 N–H and O–H groups in total. The van der Waals surface area contributed by atoms with Gasteiger partial charge in [0.25, 0.3) is 0 Å². The standard InChI is InChI=1S/C10H14N2O6S/c11-6-1-2-8(10(15)16)9(3-6)19(17,18)12-4-7(14)5-13/h1-3,7,12-14H,4-5,11H2,(H,15,16). The highest BCUT2D eigenvalue weighted by Gasteiger charge is 2.23. The number of carboxylic acids is 1. The zero-order valence-electron chi connectivity index (χ0n) is 9.78. The van der Waals surface area contributed by atoms with E-state index in [0.29, 0.717) is 0 Å². The minimum atomic E-state index is -4.15. The number of nitrogens with one attached hydrogen (secondary N) is 1. The fourth-order valence-electron chi connectivity index (χ4n) is 1.29. The van der Waals surface area contributed by atoms with Gasteiger partial charge < -0.3 is 21.1 Å². The van der Waals surface area contributed by atoms with E-state index in [0.717, 1.165) is 12.1 Å². The van der Waals surface area contributed by atoms with Crippen LogP contribution < -0.4 is 10.5 Å². The van der Waals surface area contributed by atoms with Gasteiger partial charge in [-0.2, -0.15) is 0 Å². The molecule has 1 unspecified atom stereocenters. The Morgan fingerprint density at radius 3 is 2.58 bits per heavy atom. The maximum atomic E-state index is 11.9. The van der Waals surface area contributed by atoms with Gasteiger partial charge in [0.05, 0.1) is 23.2 Å². The molecule has 0 saturated heterocycles. The van der Waals surface area contributed by atoms with Crippen LogP contribution in [0.25, 0.3) is 0 Å². The Kier molecular flexibility index (Phi) is 4.84. The van der Waals surface area contributed by atoms with Crippen LogP contribution >= 0.6 is 0 Å². The molecule has 0 saturated carbocycles. The molecule has 19 heavy (non-hydrogen) atoms. The molecule has 1 rings (SSSR count). The first-order valence-corrected chi connectivity index (χ1v) is 6.67. The molecule has 0 aliphatic rings. The molecule has 106 valence electrons. The number of rotatable bonds is 6. The largest absolute Gasteiger partial charge is 0.478 e. The number of hydrogen-bond acceptors (Lipinski definition) is 6. The van der Waals surface area contributed by atoms with Crippen LogP contribution in [0.15, 0.2) is 23.1 Å². The van der Waals surface area contributed by atoms with Crippen molar-refractivity contribution in [1.29, 1.82) is 0 Å². The SMILES string of the molecule is Nc1ccc(C(=O)O)c(S(=O)(=O)NCC(O)CO)c1. The van der Waals surface area contributed by atoms with Gasteiger partial charge in [-0.05, 0) is 18.2 Å². The minimum Gasteiger partial charge on any atom is -0.478 e. The van der Waals surface area contributed by atoms with Crippen molar-refractivity contribution in [3.8, 4) is 0 Å². The molecule has 0 fully saturated rings. The number of carbonyl (C=O) groups is 1. The number of nitrogen functional groups attached to an aromatic ring is 1. The maximum Gasteiger partial charge on any atom is 0.337 e. The molecule has 9 heteroatoms. The fourth-order valence-corrected chi connectivity index (χ4v) is 2.59. The Hall–Kier alpha value is -1.68. The van der Waals surface area contributed by atoms with Crippen LogP contribution in [-0.4, -0.2) is 49.0 Å². The topological polar surface area (TPSA) is 150 Å². The summed E-state index contributed by atoms with van der Waals surface area (Å²) in [6, 6.07) is 3.36. The molecule has 0 radical (unpaired) electrons. The molecule has 0 spiro atoms. The number of nitrogens with two attached hydrogens (primary N) is 1. The van der Waals surface area contributed by atoms with Gasteiger partial charge >= 0.3 is 5.97 Å². The number of aromatic carboxylic acids is 1. The van der Waals surface area contributed by atoms with Gasteiger partial charge in [-0.25, -0.2) is 17.9 Å². The highest BCUT2D eigenvalue weighted by molar-refractivity contribution is 7.89. The van der Waals surface area contributed by atoms with Crippen molar-refractivity contribution in [3.05, 3.63) is 23.8 Å². The summed E-state index contributed by atoms with van der Waals surface area (Å²) in [4.78, 5) is 10.5. The summed E-state index contributed by atoms with van der Waals surface area (Å²) in [6.45, 7) is -1.06. The van der Waals surface area contributed by atoms with E-state index in [1.165, 1.54) is 6.07 Å². The second-order valence-electron chi connectivity index (χ2n) is 3.75. The van der Waals surface area contributed by atoms with Crippen LogP contribution in [-0.2, 0) is 10.0 Å². The smallest absolute Gasteiger partial charge is 0.337 e. The maximum absolute atomic E-state index is 11.9. The number of sulfonamides is 1. The fraction of sp³-hybridized carbons (Fsp3) is 0.300. The van der Waals surface area contributed by atoms with Crippen molar-refractivity contribution in [1.82, 2.24) is 4.72 Å². The second-order valence-corrected chi connectivity index (χ2v) is 5.48. The molecule has 0 aliphatic carbocycles. The first-order chi connectivity index (χ1) is 8.77. The summed E-state index contributed by atoms with van der Waals surface area (Å²) in [5.41, 5.74) is 5.09. The molecule has 0 aromatic heterocycles. The third-order valence-electron chi connectivity index (χ3n) is 2.25. The Bertz CT molecular complexity index is 571. The zero-order chi connectivity index (χ0) is 14.6. The van der Waals surface area contributed by atoms with Gasteiger partial charge in [-0.1, -0.05) is 0 Å². The number of carboxylic acid groups (broad SMARTS) is 1. The molecule has 0 heterocycles. The van der Waals surface area contributed by atoms with Crippen molar-refractivity contribution in [3.63, 3.8) is 0 Å². The molecule has 1 aromatic carbocycles. The summed E-state index contributed by atoms with van der Waals surface area (Å²) < 4.78 is 25.8. The van der Waals surface area contributed by atoms with Crippen LogP contribution in [0.1, 0.15) is 10.4 Å². The summed E-state index contributed by atoms with van der Waals surface area (Å²) in [5.74, 6) is -1.41. The van der Waals surface area contributed by atoms with Crippen molar-refractivity contribution < 1.29 is 28.5 Å². The molecule has 1 aromatic rings. The van der Waals surface area contributed by atoms with E-state index in [1.54, 1.807) is 0 Å². The first kappa shape index (κ1) is 15.4. The number of aliphatic hydroxyl groups excluding tert-OH is 2. The highest BCUT2D eigenvalue weighted by atomic mass is 32.2. The number of aliphatic hydroxyl groups is 2. The lowest BCUT2D eigenvalue weighted by Gasteiger charge is -2.12. The Morgan fingerprint density at radius 1 is 1.42 bits per heavy atom. The van der Waals surface area contributed by atoms with Gasteiger partial charge in [0, 0.05) is 12.2 Å². The Morgan fingerprint density at radius 2 is 2.05 bits per heavy atom. The monoisotopic (exact) mass is 290 g/mol. The van der Waals surface area contributed by atoms with Gasteiger partial charge in [-0.3, -0.25) is 0 Å². The van der Waals surface area contributed by atoms with Crippen LogP contribution in [0.3, 0.4) is 0 Å². The number of hydrogen-bond donors (Lipinski definition) is 5. The van der Waals surface area contributed by atoms with Crippen LogP contribution in [0.2, 0.25) is 0 Å². The predicted molar refractivity (Wildman–Crippen MR) is 66.1 cm³/mol. The average Bonchev–Trinajstić information content (AvgIpc) is 2.35. The lowest BCUT2D eigenvalue weighted by Crippen LogP contribution is -2.34. The number of anilines is 1. The Balaban J connectivity index is 3.13. The molecule has 1 atom stereocenters. The quantitative estimate of drug-likeness (QED) is 0.404. The molecule has 0 aliphatic heterocycles. The van der Waals surface area contributed by atoms with E-state index in [9.17, 15) is 13.2 Å². The lowest BCUT2D eigenvalue weighted by molar-refractivity contribution is 0.0692. The van der Waals surface area contributed by atoms with Crippen LogP contribution in [0, 0.1) is 0 Å². The summed E-state index contributed by atoms with van der Waals surface area (Å²) in [5, 5.41) is 26.6. The van der Waals surface area contributed by atoms with E-state index in [2.05, 4.69) is 0 Å². The van der Waals surface area contributed by atoms with Gasteiger partial charge in [0.15, 0.2) is 0 Å². The molecular weight excluding hydrogens is 276 g/mol.